The number of benzene rings is 2. The summed E-state index contributed by atoms with van der Waals surface area (Å²) in [5.41, 5.74) is 1.46. The van der Waals surface area contributed by atoms with E-state index in [-0.39, 0.29) is 0 Å². The van der Waals surface area contributed by atoms with Crippen molar-refractivity contribution in [2.45, 2.75) is 51.9 Å². The zero-order valence-corrected chi connectivity index (χ0v) is 11.4. The molecule has 0 spiro atoms. The van der Waals surface area contributed by atoms with E-state index in [1.165, 1.54) is 61.3 Å². The number of hydrogen-bond acceptors (Lipinski definition) is 0. The van der Waals surface area contributed by atoms with Gasteiger partial charge in [-0.25, -0.2) is 0 Å². The summed E-state index contributed by atoms with van der Waals surface area (Å²) in [7, 11) is 0. The van der Waals surface area contributed by atoms with Crippen LogP contribution in [0, 0.1) is 6.07 Å². The lowest BCUT2D eigenvalue weighted by molar-refractivity contribution is 0.608. The molecule has 18 heavy (non-hydrogen) atoms. The van der Waals surface area contributed by atoms with Crippen LogP contribution in [-0.4, -0.2) is 0 Å². The number of fused-ring (bicyclic) bond motifs is 1. The van der Waals surface area contributed by atoms with Gasteiger partial charge in [0.05, 0.1) is 0 Å². The van der Waals surface area contributed by atoms with E-state index in [4.69, 9.17) is 0 Å². The highest BCUT2D eigenvalue weighted by molar-refractivity contribution is 5.85. The molecule has 0 amide bonds. The highest BCUT2D eigenvalue weighted by Crippen LogP contribution is 2.20. The first-order chi connectivity index (χ1) is 8.92. The van der Waals surface area contributed by atoms with Gasteiger partial charge in [0, 0.05) is 0 Å². The van der Waals surface area contributed by atoms with Crippen LogP contribution >= 0.6 is 0 Å². The van der Waals surface area contributed by atoms with Crippen LogP contribution in [0.2, 0.25) is 0 Å². The molecule has 0 atom stereocenters. The third-order valence-electron chi connectivity index (χ3n) is 3.60. The molecule has 0 heteroatoms. The van der Waals surface area contributed by atoms with Gasteiger partial charge in [-0.2, -0.15) is 0 Å². The van der Waals surface area contributed by atoms with Gasteiger partial charge in [0.15, 0.2) is 0 Å². The molecule has 0 saturated carbocycles. The van der Waals surface area contributed by atoms with Crippen LogP contribution < -0.4 is 0 Å². The highest BCUT2D eigenvalue weighted by Gasteiger charge is 2.00. The number of unbranched alkanes of at least 4 members (excludes halogenated alkanes) is 5. The van der Waals surface area contributed by atoms with E-state index in [0.29, 0.717) is 0 Å². The largest absolute Gasteiger partial charge is 0.0654 e. The molecular weight excluding hydrogens is 216 g/mol. The second-order valence-electron chi connectivity index (χ2n) is 5.09. The van der Waals surface area contributed by atoms with Gasteiger partial charge in [0.1, 0.15) is 0 Å². The molecule has 0 N–H and O–H groups in total. The van der Waals surface area contributed by atoms with Gasteiger partial charge < -0.3 is 0 Å². The van der Waals surface area contributed by atoms with Crippen molar-refractivity contribution in [3.05, 3.63) is 48.0 Å². The SMILES string of the molecule is CCCCCCCCc1c[c]cc2ccccc12. The lowest BCUT2D eigenvalue weighted by Gasteiger charge is -2.06. The van der Waals surface area contributed by atoms with E-state index in [2.05, 4.69) is 49.4 Å². The number of rotatable bonds is 7. The zero-order chi connectivity index (χ0) is 12.6. The molecule has 1 radical (unpaired) electrons. The molecule has 2 aromatic carbocycles. The van der Waals surface area contributed by atoms with E-state index >= 15 is 0 Å². The van der Waals surface area contributed by atoms with Crippen molar-refractivity contribution in [2.24, 2.45) is 0 Å². The third kappa shape index (κ3) is 3.60. The summed E-state index contributed by atoms with van der Waals surface area (Å²) in [6.45, 7) is 2.27. The van der Waals surface area contributed by atoms with E-state index in [1.807, 2.05) is 0 Å². The summed E-state index contributed by atoms with van der Waals surface area (Å²) < 4.78 is 0. The summed E-state index contributed by atoms with van der Waals surface area (Å²) in [5.74, 6) is 0. The van der Waals surface area contributed by atoms with E-state index in [1.54, 1.807) is 0 Å². The Morgan fingerprint density at radius 1 is 0.889 bits per heavy atom. The Morgan fingerprint density at radius 3 is 2.56 bits per heavy atom. The number of hydrogen-bond donors (Lipinski definition) is 0. The molecule has 0 aromatic heterocycles. The summed E-state index contributed by atoms with van der Waals surface area (Å²) in [6.07, 6.45) is 9.39. The fourth-order valence-electron chi connectivity index (χ4n) is 2.53. The van der Waals surface area contributed by atoms with Gasteiger partial charge in [0.25, 0.3) is 0 Å². The smallest absolute Gasteiger partial charge is 0.0151 e. The first kappa shape index (κ1) is 13.1. The fraction of sp³-hybridized carbons (Fsp3) is 0.444. The molecule has 0 aliphatic carbocycles. The van der Waals surface area contributed by atoms with E-state index in [0.717, 1.165) is 0 Å². The fourth-order valence-corrected chi connectivity index (χ4v) is 2.53. The highest BCUT2D eigenvalue weighted by atomic mass is 14.0. The van der Waals surface area contributed by atoms with E-state index in [9.17, 15) is 0 Å². The topological polar surface area (TPSA) is 0 Å². The minimum Gasteiger partial charge on any atom is -0.0654 e. The van der Waals surface area contributed by atoms with E-state index < -0.39 is 0 Å². The van der Waals surface area contributed by atoms with Crippen molar-refractivity contribution >= 4 is 10.8 Å². The molecule has 0 fully saturated rings. The Hall–Kier alpha value is -1.30. The third-order valence-corrected chi connectivity index (χ3v) is 3.60. The first-order valence-electron chi connectivity index (χ1n) is 7.29. The summed E-state index contributed by atoms with van der Waals surface area (Å²) in [4.78, 5) is 0. The first-order valence-corrected chi connectivity index (χ1v) is 7.29. The maximum absolute atomic E-state index is 3.27. The quantitative estimate of drug-likeness (QED) is 0.556. The van der Waals surface area contributed by atoms with Crippen molar-refractivity contribution < 1.29 is 0 Å². The van der Waals surface area contributed by atoms with Crippen molar-refractivity contribution in [2.75, 3.05) is 0 Å². The van der Waals surface area contributed by atoms with Crippen LogP contribution in [0.4, 0.5) is 0 Å². The lowest BCUT2D eigenvalue weighted by Crippen LogP contribution is -1.88. The monoisotopic (exact) mass is 239 g/mol. The molecule has 0 unspecified atom stereocenters. The predicted molar refractivity (Wildman–Crippen MR) is 79.9 cm³/mol. The van der Waals surface area contributed by atoms with Gasteiger partial charge in [-0.3, -0.25) is 0 Å². The average Bonchev–Trinajstić information content (AvgIpc) is 2.43. The second kappa shape index (κ2) is 7.20. The molecule has 0 aliphatic rings. The molecule has 0 bridgehead atoms. The lowest BCUT2D eigenvalue weighted by atomic mass is 9.99. The summed E-state index contributed by atoms with van der Waals surface area (Å²) in [6, 6.07) is 16.2. The van der Waals surface area contributed by atoms with Gasteiger partial charge >= 0.3 is 0 Å². The Bertz CT molecular complexity index is 465. The van der Waals surface area contributed by atoms with Gasteiger partial charge in [0.2, 0.25) is 0 Å². The van der Waals surface area contributed by atoms with Crippen molar-refractivity contribution in [1.29, 1.82) is 0 Å². The Kier molecular flexibility index (Phi) is 5.26. The zero-order valence-electron chi connectivity index (χ0n) is 11.4. The minimum atomic E-state index is 1.20. The molecule has 2 aromatic rings. The van der Waals surface area contributed by atoms with Crippen LogP contribution in [0.15, 0.2) is 36.4 Å². The Balaban J connectivity index is 1.88. The maximum atomic E-state index is 3.27. The summed E-state index contributed by atoms with van der Waals surface area (Å²) in [5, 5.41) is 2.73. The van der Waals surface area contributed by atoms with Gasteiger partial charge in [-0.15, -0.1) is 0 Å². The molecule has 0 aliphatic heterocycles. The van der Waals surface area contributed by atoms with Crippen LogP contribution in [0.1, 0.15) is 51.0 Å². The molecule has 0 nitrogen and oxygen atoms in total. The normalized spacial score (nSPS) is 10.9. The van der Waals surface area contributed by atoms with Crippen molar-refractivity contribution in [3.63, 3.8) is 0 Å². The second-order valence-corrected chi connectivity index (χ2v) is 5.09. The average molecular weight is 239 g/mol. The summed E-state index contributed by atoms with van der Waals surface area (Å²) >= 11 is 0. The predicted octanol–water partition coefficient (Wildman–Crippen LogP) is 5.54. The van der Waals surface area contributed by atoms with Gasteiger partial charge in [-0.05, 0) is 41.3 Å². The molecule has 0 heterocycles. The van der Waals surface area contributed by atoms with Crippen LogP contribution in [0.25, 0.3) is 10.8 Å². The molecule has 0 saturated heterocycles. The van der Waals surface area contributed by atoms with Crippen molar-refractivity contribution in [1.82, 2.24) is 0 Å². The van der Waals surface area contributed by atoms with Crippen LogP contribution in [0.3, 0.4) is 0 Å². The van der Waals surface area contributed by atoms with Gasteiger partial charge in [-0.1, -0.05) is 69.4 Å². The number of aryl methyl sites for hydroxylation is 1. The molecule has 2 rings (SSSR count). The molecule has 95 valence electrons. The molecular formula is C18H23. The van der Waals surface area contributed by atoms with Crippen LogP contribution in [0.5, 0.6) is 0 Å². The Labute approximate surface area is 111 Å². The standard InChI is InChI=1S/C18H23/c1-2-3-4-5-6-7-11-16-13-10-14-17-12-8-9-15-18(16)17/h8-9,12-15H,2-7,11H2,1H3. The minimum absolute atomic E-state index is 1.20. The maximum Gasteiger partial charge on any atom is -0.0151 e. The Morgan fingerprint density at radius 2 is 1.67 bits per heavy atom. The van der Waals surface area contributed by atoms with Crippen LogP contribution in [-0.2, 0) is 6.42 Å². The van der Waals surface area contributed by atoms with Crippen molar-refractivity contribution in [3.8, 4) is 0 Å².